The molecular weight excluding hydrogens is 258 g/mol. The van der Waals surface area contributed by atoms with Gasteiger partial charge in [-0.05, 0) is 17.7 Å². The number of hydrogen-bond donors (Lipinski definition) is 2. The van der Waals surface area contributed by atoms with Crippen molar-refractivity contribution in [3.63, 3.8) is 0 Å². The lowest BCUT2D eigenvalue weighted by molar-refractivity contribution is -0.146. The molecule has 20 heavy (non-hydrogen) atoms. The average molecular weight is 277 g/mol. The first-order valence-electron chi connectivity index (χ1n) is 6.61. The molecule has 0 unspecified atom stereocenters. The third kappa shape index (κ3) is 3.71. The molecular formula is C14H19N3O3. The Balaban J connectivity index is 1.86. The van der Waals surface area contributed by atoms with Gasteiger partial charge < -0.3 is 20.3 Å². The summed E-state index contributed by atoms with van der Waals surface area (Å²) in [5, 5.41) is 5.78. The minimum absolute atomic E-state index is 0.313. The van der Waals surface area contributed by atoms with Gasteiger partial charge >= 0.3 is 11.8 Å². The van der Waals surface area contributed by atoms with Crippen LogP contribution in [0.15, 0.2) is 24.3 Å². The maximum Gasteiger partial charge on any atom is 0.311 e. The molecule has 0 radical (unpaired) electrons. The summed E-state index contributed by atoms with van der Waals surface area (Å²) in [5.41, 5.74) is 0.894. The highest BCUT2D eigenvalue weighted by atomic mass is 16.5. The molecule has 108 valence electrons. The van der Waals surface area contributed by atoms with E-state index in [0.717, 1.165) is 24.4 Å². The Morgan fingerprint density at radius 3 is 2.80 bits per heavy atom. The normalized spacial score (nSPS) is 14.8. The fraction of sp³-hybridized carbons (Fsp3) is 0.429. The summed E-state index contributed by atoms with van der Waals surface area (Å²) in [6.07, 6.45) is 0. The zero-order chi connectivity index (χ0) is 14.4. The quantitative estimate of drug-likeness (QED) is 0.747. The van der Waals surface area contributed by atoms with E-state index in [2.05, 4.69) is 10.6 Å². The van der Waals surface area contributed by atoms with Crippen LogP contribution in [0.3, 0.4) is 0 Å². The largest absolute Gasteiger partial charge is 0.497 e. The lowest BCUT2D eigenvalue weighted by atomic mass is 10.2. The highest BCUT2D eigenvalue weighted by molar-refractivity contribution is 6.34. The summed E-state index contributed by atoms with van der Waals surface area (Å²) in [6, 6.07) is 7.38. The van der Waals surface area contributed by atoms with Crippen LogP contribution in [0.1, 0.15) is 5.56 Å². The van der Waals surface area contributed by atoms with Crippen molar-refractivity contribution in [1.82, 2.24) is 15.5 Å². The average Bonchev–Trinajstić information content (AvgIpc) is 2.53. The first-order chi connectivity index (χ1) is 9.70. The molecule has 1 aromatic carbocycles. The SMILES string of the molecule is COc1cccc(CNC(=O)C(=O)N2CCNCC2)c1. The maximum atomic E-state index is 11.9. The number of carbonyl (C=O) groups excluding carboxylic acids is 2. The highest BCUT2D eigenvalue weighted by Crippen LogP contribution is 2.12. The van der Waals surface area contributed by atoms with E-state index >= 15 is 0 Å². The highest BCUT2D eigenvalue weighted by Gasteiger charge is 2.22. The second-order valence-corrected chi connectivity index (χ2v) is 4.58. The predicted molar refractivity (Wildman–Crippen MR) is 74.3 cm³/mol. The molecule has 2 rings (SSSR count). The summed E-state index contributed by atoms with van der Waals surface area (Å²) in [7, 11) is 1.59. The standard InChI is InChI=1S/C14H19N3O3/c1-20-12-4-2-3-11(9-12)10-16-13(18)14(19)17-7-5-15-6-8-17/h2-4,9,15H,5-8,10H2,1H3,(H,16,18). The molecule has 6 nitrogen and oxygen atoms in total. The maximum absolute atomic E-state index is 11.9. The summed E-state index contributed by atoms with van der Waals surface area (Å²) < 4.78 is 5.11. The molecule has 0 spiro atoms. The monoisotopic (exact) mass is 277 g/mol. The second-order valence-electron chi connectivity index (χ2n) is 4.58. The first-order valence-corrected chi connectivity index (χ1v) is 6.61. The van der Waals surface area contributed by atoms with Gasteiger partial charge in [0, 0.05) is 32.7 Å². The Morgan fingerprint density at radius 1 is 1.35 bits per heavy atom. The molecule has 2 N–H and O–H groups in total. The number of nitrogens with one attached hydrogen (secondary N) is 2. The van der Waals surface area contributed by atoms with Gasteiger partial charge in [-0.15, -0.1) is 0 Å². The summed E-state index contributed by atoms with van der Waals surface area (Å²) >= 11 is 0. The lowest BCUT2D eigenvalue weighted by Gasteiger charge is -2.26. The Hall–Kier alpha value is -2.08. The lowest BCUT2D eigenvalue weighted by Crippen LogP contribution is -2.51. The van der Waals surface area contributed by atoms with Crippen molar-refractivity contribution in [2.75, 3.05) is 33.3 Å². The third-order valence-corrected chi connectivity index (χ3v) is 3.19. The molecule has 1 saturated heterocycles. The van der Waals surface area contributed by atoms with Crippen LogP contribution in [-0.4, -0.2) is 50.0 Å². The molecule has 0 bridgehead atoms. The van der Waals surface area contributed by atoms with Gasteiger partial charge in [-0.25, -0.2) is 0 Å². The summed E-state index contributed by atoms with van der Waals surface area (Å²) in [6.45, 7) is 2.93. The van der Waals surface area contributed by atoms with Crippen LogP contribution < -0.4 is 15.4 Å². The summed E-state index contributed by atoms with van der Waals surface area (Å²) in [5.74, 6) is -0.297. The van der Waals surface area contributed by atoms with Crippen molar-refractivity contribution in [3.8, 4) is 5.75 Å². The van der Waals surface area contributed by atoms with E-state index in [0.29, 0.717) is 19.6 Å². The zero-order valence-electron chi connectivity index (χ0n) is 11.5. The van der Waals surface area contributed by atoms with Crippen molar-refractivity contribution in [1.29, 1.82) is 0 Å². The molecule has 0 aromatic heterocycles. The third-order valence-electron chi connectivity index (χ3n) is 3.19. The number of hydrogen-bond acceptors (Lipinski definition) is 4. The van der Waals surface area contributed by atoms with Crippen LogP contribution in [0, 0.1) is 0 Å². The van der Waals surface area contributed by atoms with E-state index in [1.54, 1.807) is 12.0 Å². The van der Waals surface area contributed by atoms with E-state index in [4.69, 9.17) is 4.74 Å². The fourth-order valence-corrected chi connectivity index (χ4v) is 2.05. The Morgan fingerprint density at radius 2 is 2.10 bits per heavy atom. The Kier molecular flexibility index (Phi) is 4.95. The topological polar surface area (TPSA) is 70.7 Å². The van der Waals surface area contributed by atoms with Gasteiger partial charge in [-0.2, -0.15) is 0 Å². The number of benzene rings is 1. The van der Waals surface area contributed by atoms with Crippen LogP contribution >= 0.6 is 0 Å². The minimum atomic E-state index is -0.560. The fourth-order valence-electron chi connectivity index (χ4n) is 2.05. The molecule has 1 aliphatic rings. The van der Waals surface area contributed by atoms with Gasteiger partial charge in [-0.1, -0.05) is 12.1 Å². The van der Waals surface area contributed by atoms with Crippen molar-refractivity contribution < 1.29 is 14.3 Å². The number of methoxy groups -OCH3 is 1. The Labute approximate surface area is 118 Å². The van der Waals surface area contributed by atoms with E-state index in [-0.39, 0.29) is 0 Å². The van der Waals surface area contributed by atoms with E-state index in [9.17, 15) is 9.59 Å². The van der Waals surface area contributed by atoms with Gasteiger partial charge in [0.1, 0.15) is 5.75 Å². The Bertz CT molecular complexity index is 484. The van der Waals surface area contributed by atoms with Crippen molar-refractivity contribution in [3.05, 3.63) is 29.8 Å². The molecule has 6 heteroatoms. The number of rotatable bonds is 3. The van der Waals surface area contributed by atoms with E-state index < -0.39 is 11.8 Å². The molecule has 1 fully saturated rings. The van der Waals surface area contributed by atoms with Crippen LogP contribution in [-0.2, 0) is 16.1 Å². The van der Waals surface area contributed by atoms with Gasteiger partial charge in [0.2, 0.25) is 0 Å². The second kappa shape index (κ2) is 6.91. The molecule has 2 amide bonds. The number of ether oxygens (including phenoxy) is 1. The minimum Gasteiger partial charge on any atom is -0.497 e. The van der Waals surface area contributed by atoms with Gasteiger partial charge in [0.25, 0.3) is 0 Å². The number of amides is 2. The zero-order valence-corrected chi connectivity index (χ0v) is 11.5. The van der Waals surface area contributed by atoms with Crippen LogP contribution in [0.2, 0.25) is 0 Å². The number of carbonyl (C=O) groups is 2. The van der Waals surface area contributed by atoms with Crippen LogP contribution in [0.25, 0.3) is 0 Å². The van der Waals surface area contributed by atoms with Crippen molar-refractivity contribution in [2.24, 2.45) is 0 Å². The molecule has 1 aliphatic heterocycles. The van der Waals surface area contributed by atoms with Crippen molar-refractivity contribution in [2.45, 2.75) is 6.54 Å². The van der Waals surface area contributed by atoms with Crippen LogP contribution in [0.5, 0.6) is 5.75 Å². The first kappa shape index (κ1) is 14.3. The van der Waals surface area contributed by atoms with Gasteiger partial charge in [-0.3, -0.25) is 9.59 Å². The molecule has 1 aromatic rings. The van der Waals surface area contributed by atoms with Gasteiger partial charge in [0.05, 0.1) is 7.11 Å². The summed E-state index contributed by atoms with van der Waals surface area (Å²) in [4.78, 5) is 25.3. The smallest absolute Gasteiger partial charge is 0.311 e. The number of nitrogens with zero attached hydrogens (tertiary/aromatic N) is 1. The van der Waals surface area contributed by atoms with Crippen molar-refractivity contribution >= 4 is 11.8 Å². The predicted octanol–water partition coefficient (Wildman–Crippen LogP) is -0.257. The van der Waals surface area contributed by atoms with Crippen LogP contribution in [0.4, 0.5) is 0 Å². The molecule has 1 heterocycles. The van der Waals surface area contributed by atoms with E-state index in [1.165, 1.54) is 0 Å². The number of piperazine rings is 1. The molecule has 0 aliphatic carbocycles. The molecule has 0 atom stereocenters. The molecule has 0 saturated carbocycles. The van der Waals surface area contributed by atoms with E-state index in [1.807, 2.05) is 24.3 Å². The van der Waals surface area contributed by atoms with Gasteiger partial charge in [0.15, 0.2) is 0 Å².